The van der Waals surface area contributed by atoms with Gasteiger partial charge in [0.2, 0.25) is 0 Å². The molecule has 3 nitrogen and oxygen atoms in total. The first-order valence-corrected chi connectivity index (χ1v) is 18.7. The van der Waals surface area contributed by atoms with Crippen molar-refractivity contribution < 1.29 is 0 Å². The highest BCUT2D eigenvalue weighted by Gasteiger charge is 2.15. The van der Waals surface area contributed by atoms with E-state index in [1.807, 2.05) is 6.07 Å². The Morgan fingerprint density at radius 1 is 0.481 bits per heavy atom. The van der Waals surface area contributed by atoms with Crippen LogP contribution in [0.4, 0.5) is 0 Å². The Labute approximate surface area is 315 Å². The number of rotatable bonds is 6. The Kier molecular flexibility index (Phi) is 7.84. The third-order valence-electron chi connectivity index (χ3n) is 10.7. The maximum absolute atomic E-state index is 5.07. The normalized spacial score (nSPS) is 12.8. The van der Waals surface area contributed by atoms with E-state index in [9.17, 15) is 0 Å². The van der Waals surface area contributed by atoms with Crippen molar-refractivity contribution in [2.45, 2.75) is 19.8 Å². The number of hydrogen-bond acceptors (Lipinski definition) is 2. The fourth-order valence-electron chi connectivity index (χ4n) is 7.98. The lowest BCUT2D eigenvalue weighted by Crippen LogP contribution is -1.99. The molecule has 1 aliphatic rings. The van der Waals surface area contributed by atoms with Crippen LogP contribution < -0.4 is 0 Å². The molecule has 0 radical (unpaired) electrons. The number of allylic oxidation sites excluding steroid dienone is 4. The van der Waals surface area contributed by atoms with E-state index in [2.05, 4.69) is 187 Å². The monoisotopic (exact) mass is 691 g/mol. The predicted molar refractivity (Wildman–Crippen MR) is 227 cm³/mol. The highest BCUT2D eigenvalue weighted by molar-refractivity contribution is 6.09. The van der Waals surface area contributed by atoms with Crippen molar-refractivity contribution in [2.24, 2.45) is 0 Å². The van der Waals surface area contributed by atoms with Crippen molar-refractivity contribution in [1.82, 2.24) is 14.5 Å². The average Bonchev–Trinajstić information content (AvgIpc) is 3.57. The summed E-state index contributed by atoms with van der Waals surface area (Å²) < 4.78 is 2.40. The average molecular weight is 692 g/mol. The summed E-state index contributed by atoms with van der Waals surface area (Å²) in [5, 5.41) is 5.00. The van der Waals surface area contributed by atoms with Gasteiger partial charge in [-0.2, -0.15) is 0 Å². The fraction of sp³-hybridized carbons (Fsp3) is 0.0588. The quantitative estimate of drug-likeness (QED) is 0.174. The van der Waals surface area contributed by atoms with Gasteiger partial charge in [-0.05, 0) is 94.8 Å². The number of hydrogen-bond donors (Lipinski definition) is 0. The van der Waals surface area contributed by atoms with E-state index in [0.717, 1.165) is 52.4 Å². The van der Waals surface area contributed by atoms with Crippen LogP contribution in [0, 0.1) is 6.92 Å². The van der Waals surface area contributed by atoms with Crippen molar-refractivity contribution >= 4 is 38.2 Å². The van der Waals surface area contributed by atoms with Gasteiger partial charge in [0.15, 0.2) is 5.82 Å². The zero-order valence-electron chi connectivity index (χ0n) is 30.1. The molecule has 0 bridgehead atoms. The van der Waals surface area contributed by atoms with E-state index < -0.39 is 0 Å². The summed E-state index contributed by atoms with van der Waals surface area (Å²) in [5.74, 6) is 0.770. The van der Waals surface area contributed by atoms with E-state index in [1.54, 1.807) is 0 Å². The zero-order chi connectivity index (χ0) is 36.0. The van der Waals surface area contributed by atoms with Crippen LogP contribution in [0.1, 0.15) is 24.2 Å². The topological polar surface area (TPSA) is 30.7 Å². The zero-order valence-corrected chi connectivity index (χ0v) is 30.1. The number of fused-ring (bicyclic) bond motifs is 4. The summed E-state index contributed by atoms with van der Waals surface area (Å²) in [6, 6.07) is 59.2. The molecule has 256 valence electrons. The Morgan fingerprint density at radius 3 is 2.00 bits per heavy atom. The second kappa shape index (κ2) is 13.3. The molecule has 0 spiro atoms. The summed E-state index contributed by atoms with van der Waals surface area (Å²) in [4.78, 5) is 10.1. The van der Waals surface area contributed by atoms with Gasteiger partial charge >= 0.3 is 0 Å². The van der Waals surface area contributed by atoms with Gasteiger partial charge in [0, 0.05) is 33.2 Å². The van der Waals surface area contributed by atoms with Crippen LogP contribution in [0.25, 0.3) is 88.6 Å². The van der Waals surface area contributed by atoms with Crippen molar-refractivity contribution in [3.8, 4) is 50.5 Å². The molecule has 54 heavy (non-hydrogen) atoms. The summed E-state index contributed by atoms with van der Waals surface area (Å²) in [6.45, 7) is 2.17. The van der Waals surface area contributed by atoms with Gasteiger partial charge in [-0.25, -0.2) is 9.97 Å². The van der Waals surface area contributed by atoms with Gasteiger partial charge in [-0.1, -0.05) is 146 Å². The molecule has 0 aliphatic heterocycles. The van der Waals surface area contributed by atoms with Gasteiger partial charge in [0.1, 0.15) is 0 Å². The third kappa shape index (κ3) is 5.71. The molecule has 2 aromatic heterocycles. The Hall–Kier alpha value is -6.84. The maximum atomic E-state index is 5.07. The number of nitrogens with zero attached hydrogens (tertiary/aromatic N) is 3. The molecule has 1 aliphatic carbocycles. The molecule has 0 amide bonds. The van der Waals surface area contributed by atoms with Gasteiger partial charge in [-0.3, -0.25) is 0 Å². The van der Waals surface area contributed by atoms with Crippen LogP contribution in [0.2, 0.25) is 0 Å². The smallest absolute Gasteiger partial charge is 0.160 e. The molecule has 9 aromatic rings. The second-order valence-electron chi connectivity index (χ2n) is 14.2. The number of aromatic nitrogens is 3. The Morgan fingerprint density at radius 2 is 1.17 bits per heavy atom. The molecular formula is C51H37N3. The first-order valence-electron chi connectivity index (χ1n) is 18.7. The van der Waals surface area contributed by atoms with Crippen LogP contribution in [0.5, 0.6) is 0 Å². The molecule has 0 fully saturated rings. The SMILES string of the molecule is Cc1ccc2c3ccccc3n(-c3cccc(-c4ccc5c(-c6ccc(-c7cc(-c8ccccc8)nc(C8=CCCC=C8)n7)cc6)cccc5c4)c3)c2c1. The van der Waals surface area contributed by atoms with Crippen LogP contribution in [0.3, 0.4) is 0 Å². The first kappa shape index (κ1) is 31.9. The highest BCUT2D eigenvalue weighted by Crippen LogP contribution is 2.37. The van der Waals surface area contributed by atoms with Gasteiger partial charge in [0.05, 0.1) is 22.4 Å². The summed E-state index contributed by atoms with van der Waals surface area (Å²) in [5.41, 5.74) is 14.8. The second-order valence-corrected chi connectivity index (χ2v) is 14.2. The van der Waals surface area contributed by atoms with Crippen molar-refractivity contribution in [3.63, 3.8) is 0 Å². The van der Waals surface area contributed by atoms with Gasteiger partial charge < -0.3 is 4.57 Å². The minimum absolute atomic E-state index is 0.770. The van der Waals surface area contributed by atoms with Crippen molar-refractivity contribution in [2.75, 3.05) is 0 Å². The molecule has 0 unspecified atom stereocenters. The molecule has 0 atom stereocenters. The minimum atomic E-state index is 0.770. The first-order chi connectivity index (χ1) is 26.7. The largest absolute Gasteiger partial charge is 0.309 e. The van der Waals surface area contributed by atoms with Crippen LogP contribution in [-0.2, 0) is 0 Å². The third-order valence-corrected chi connectivity index (χ3v) is 10.7. The fourth-order valence-corrected chi connectivity index (χ4v) is 7.98. The summed E-state index contributed by atoms with van der Waals surface area (Å²) in [6.07, 6.45) is 8.67. The molecule has 0 saturated carbocycles. The molecule has 2 heterocycles. The van der Waals surface area contributed by atoms with Gasteiger partial charge in [0.25, 0.3) is 0 Å². The van der Waals surface area contributed by atoms with E-state index in [4.69, 9.17) is 9.97 Å². The minimum Gasteiger partial charge on any atom is -0.309 e. The van der Waals surface area contributed by atoms with Crippen LogP contribution >= 0.6 is 0 Å². The number of para-hydroxylation sites is 1. The standard InChI is InChI=1S/C51H37N3/c1-34-22-28-46-45-19-8-9-21-49(45)54(50(46)30-34)42-18-10-16-39(32-42)40-27-29-44-41(31-40)17-11-20-43(44)35-23-25-37(26-24-35)48-33-47(36-12-4-2-5-13-36)52-51(53-48)38-14-6-3-7-15-38/h2,4-6,8-33H,3,7H2,1H3. The van der Waals surface area contributed by atoms with E-state index >= 15 is 0 Å². The Bertz CT molecular complexity index is 2930. The predicted octanol–water partition coefficient (Wildman–Crippen LogP) is 13.4. The van der Waals surface area contributed by atoms with E-state index in [0.29, 0.717) is 0 Å². The van der Waals surface area contributed by atoms with Gasteiger partial charge in [-0.15, -0.1) is 0 Å². The van der Waals surface area contributed by atoms with Crippen molar-refractivity contribution in [1.29, 1.82) is 0 Å². The highest BCUT2D eigenvalue weighted by atomic mass is 15.0. The van der Waals surface area contributed by atoms with Crippen LogP contribution in [0.15, 0.2) is 182 Å². The number of aryl methyl sites for hydroxylation is 1. The summed E-state index contributed by atoms with van der Waals surface area (Å²) >= 11 is 0. The lowest BCUT2D eigenvalue weighted by molar-refractivity contribution is 1.03. The van der Waals surface area contributed by atoms with E-state index in [-0.39, 0.29) is 0 Å². The molecular weight excluding hydrogens is 655 g/mol. The van der Waals surface area contributed by atoms with Crippen molar-refractivity contribution in [3.05, 3.63) is 193 Å². The summed E-state index contributed by atoms with van der Waals surface area (Å²) in [7, 11) is 0. The molecule has 10 rings (SSSR count). The lowest BCUT2D eigenvalue weighted by Gasteiger charge is -2.13. The molecule has 3 heteroatoms. The molecule has 0 N–H and O–H groups in total. The maximum Gasteiger partial charge on any atom is 0.160 e. The molecule has 7 aromatic carbocycles. The van der Waals surface area contributed by atoms with Crippen LogP contribution in [-0.4, -0.2) is 14.5 Å². The molecule has 0 saturated heterocycles. The Balaban J connectivity index is 0.999. The lowest BCUT2D eigenvalue weighted by atomic mass is 9.94. The number of benzene rings is 7. The van der Waals surface area contributed by atoms with E-state index in [1.165, 1.54) is 60.4 Å².